The van der Waals surface area contributed by atoms with E-state index in [2.05, 4.69) is 10.3 Å². The van der Waals surface area contributed by atoms with Gasteiger partial charge in [0.15, 0.2) is 0 Å². The molecule has 110 valence electrons. The van der Waals surface area contributed by atoms with Gasteiger partial charge in [0.05, 0.1) is 11.6 Å². The molecule has 5 nitrogen and oxygen atoms in total. The number of nitrogens with zero attached hydrogens (tertiary/aromatic N) is 1. The van der Waals surface area contributed by atoms with Gasteiger partial charge in [0, 0.05) is 17.9 Å². The van der Waals surface area contributed by atoms with Gasteiger partial charge in [-0.2, -0.15) is 0 Å². The van der Waals surface area contributed by atoms with Crippen molar-refractivity contribution in [1.29, 1.82) is 0 Å². The van der Waals surface area contributed by atoms with Crippen LogP contribution >= 0.6 is 0 Å². The molecule has 1 aromatic heterocycles. The summed E-state index contributed by atoms with van der Waals surface area (Å²) in [5.74, 6) is 0.484. The summed E-state index contributed by atoms with van der Waals surface area (Å²) in [5.41, 5.74) is 6.85. The second-order valence-corrected chi connectivity index (χ2v) is 5.99. The van der Waals surface area contributed by atoms with Crippen molar-refractivity contribution in [2.75, 3.05) is 12.3 Å². The third-order valence-electron chi connectivity index (χ3n) is 4.00. The highest BCUT2D eigenvalue weighted by Crippen LogP contribution is 2.26. The van der Waals surface area contributed by atoms with Gasteiger partial charge in [-0.15, -0.1) is 0 Å². The van der Waals surface area contributed by atoms with Crippen LogP contribution in [0.25, 0.3) is 0 Å². The second-order valence-electron chi connectivity index (χ2n) is 5.99. The lowest BCUT2D eigenvalue weighted by molar-refractivity contribution is 0.0727. The first-order chi connectivity index (χ1) is 9.32. The Morgan fingerprint density at radius 3 is 2.80 bits per heavy atom. The minimum Gasteiger partial charge on any atom is -0.384 e. The van der Waals surface area contributed by atoms with Gasteiger partial charge >= 0.3 is 0 Å². The van der Waals surface area contributed by atoms with E-state index < -0.39 is 0 Å². The molecule has 5 heteroatoms. The highest BCUT2D eigenvalue weighted by molar-refractivity contribution is 5.95. The zero-order valence-corrected chi connectivity index (χ0v) is 12.6. The Labute approximate surface area is 119 Å². The molecule has 0 aliphatic carbocycles. The Hall–Kier alpha value is -1.62. The molecule has 1 fully saturated rings. The maximum Gasteiger partial charge on any atom is 0.251 e. The molecule has 0 spiro atoms. The van der Waals surface area contributed by atoms with Gasteiger partial charge < -0.3 is 15.8 Å². The van der Waals surface area contributed by atoms with Crippen molar-refractivity contribution in [3.63, 3.8) is 0 Å². The molecule has 1 aromatic rings. The minimum atomic E-state index is -0.326. The summed E-state index contributed by atoms with van der Waals surface area (Å²) < 4.78 is 5.54. The van der Waals surface area contributed by atoms with Gasteiger partial charge in [-0.3, -0.25) is 4.79 Å². The molecule has 1 aliphatic rings. The van der Waals surface area contributed by atoms with Gasteiger partial charge in [0.1, 0.15) is 5.82 Å². The third-order valence-corrected chi connectivity index (χ3v) is 4.00. The zero-order valence-electron chi connectivity index (χ0n) is 12.6. The topological polar surface area (TPSA) is 77.2 Å². The Kier molecular flexibility index (Phi) is 3.99. The summed E-state index contributed by atoms with van der Waals surface area (Å²) in [6.45, 7) is 8.72. The lowest BCUT2D eigenvalue weighted by Gasteiger charge is -2.29. The van der Waals surface area contributed by atoms with Crippen molar-refractivity contribution < 1.29 is 9.53 Å². The van der Waals surface area contributed by atoms with Gasteiger partial charge in [-0.1, -0.05) is 13.8 Å². The number of nitrogens with one attached hydrogen (secondary N) is 1. The fourth-order valence-electron chi connectivity index (χ4n) is 2.33. The van der Waals surface area contributed by atoms with Crippen molar-refractivity contribution in [2.24, 2.45) is 0 Å². The Balaban J connectivity index is 2.21. The fourth-order valence-corrected chi connectivity index (χ4v) is 2.33. The Morgan fingerprint density at radius 2 is 2.25 bits per heavy atom. The number of hydrogen-bond acceptors (Lipinski definition) is 4. The van der Waals surface area contributed by atoms with Crippen LogP contribution < -0.4 is 11.1 Å². The van der Waals surface area contributed by atoms with E-state index in [0.29, 0.717) is 18.0 Å². The largest absolute Gasteiger partial charge is 0.384 e. The van der Waals surface area contributed by atoms with Crippen molar-refractivity contribution in [3.8, 4) is 0 Å². The van der Waals surface area contributed by atoms with Crippen molar-refractivity contribution in [1.82, 2.24) is 10.3 Å². The highest BCUT2D eigenvalue weighted by atomic mass is 16.5. The number of carbonyl (C=O) groups is 1. The number of hydrogen-bond donors (Lipinski definition) is 2. The van der Waals surface area contributed by atoms with Crippen LogP contribution in [0.5, 0.6) is 0 Å². The number of carbonyl (C=O) groups excluding carboxylic acids is 1. The van der Waals surface area contributed by atoms with E-state index in [-0.39, 0.29) is 23.5 Å². The van der Waals surface area contributed by atoms with Crippen LogP contribution in [0.3, 0.4) is 0 Å². The normalized spacial score (nSPS) is 25.9. The second kappa shape index (κ2) is 5.40. The highest BCUT2D eigenvalue weighted by Gasteiger charge is 2.38. The summed E-state index contributed by atoms with van der Waals surface area (Å²) in [5, 5.41) is 3.07. The summed E-state index contributed by atoms with van der Waals surface area (Å²) in [6, 6.07) is 3.42. The predicted octanol–water partition coefficient (Wildman–Crippen LogP) is 2.08. The van der Waals surface area contributed by atoms with Crippen LogP contribution in [-0.4, -0.2) is 29.1 Å². The molecule has 3 N–H and O–H groups in total. The fraction of sp³-hybridized carbons (Fsp3) is 0.600. The van der Waals surface area contributed by atoms with Gasteiger partial charge in [0.2, 0.25) is 0 Å². The summed E-state index contributed by atoms with van der Waals surface area (Å²) in [7, 11) is 0. The molecule has 2 unspecified atom stereocenters. The first-order valence-electron chi connectivity index (χ1n) is 7.03. The molecule has 0 radical (unpaired) electrons. The van der Waals surface area contributed by atoms with Crippen LogP contribution in [-0.2, 0) is 4.74 Å². The number of nitrogens with two attached hydrogens (primary N) is 1. The summed E-state index contributed by atoms with van der Waals surface area (Å²) in [4.78, 5) is 16.7. The number of nitrogen functional groups attached to an aromatic ring is 1. The van der Waals surface area contributed by atoms with Gasteiger partial charge in [-0.25, -0.2) is 4.98 Å². The maximum absolute atomic E-state index is 12.4. The first kappa shape index (κ1) is 14.8. The van der Waals surface area contributed by atoms with E-state index in [1.165, 1.54) is 0 Å². The summed E-state index contributed by atoms with van der Waals surface area (Å²) >= 11 is 0. The molecule has 2 heterocycles. The van der Waals surface area contributed by atoms with E-state index in [1.54, 1.807) is 12.1 Å². The quantitative estimate of drug-likeness (QED) is 0.886. The predicted molar refractivity (Wildman–Crippen MR) is 78.6 cm³/mol. The molecule has 0 saturated carbocycles. The molecule has 2 atom stereocenters. The molecule has 20 heavy (non-hydrogen) atoms. The number of anilines is 1. The number of amides is 1. The Morgan fingerprint density at radius 1 is 1.55 bits per heavy atom. The van der Waals surface area contributed by atoms with Crippen molar-refractivity contribution in [2.45, 2.75) is 51.7 Å². The molecular weight excluding hydrogens is 254 g/mol. The summed E-state index contributed by atoms with van der Waals surface area (Å²) in [6.07, 6.45) is 0.826. The smallest absolute Gasteiger partial charge is 0.251 e. The van der Waals surface area contributed by atoms with Crippen LogP contribution in [0.4, 0.5) is 5.82 Å². The van der Waals surface area contributed by atoms with E-state index >= 15 is 0 Å². The van der Waals surface area contributed by atoms with Crippen LogP contribution in [0.1, 0.15) is 56.1 Å². The lowest BCUT2D eigenvalue weighted by atomic mass is 9.94. The third kappa shape index (κ3) is 2.93. The zero-order chi connectivity index (χ0) is 14.9. The average molecular weight is 277 g/mol. The first-order valence-corrected chi connectivity index (χ1v) is 7.03. The SMILES string of the molecule is CC(C)c1cc(C(=O)NC2(C)CCOC2C)cc(N)n1. The van der Waals surface area contributed by atoms with E-state index in [1.807, 2.05) is 27.7 Å². The molecular formula is C15H23N3O2. The number of ether oxygens (including phenoxy) is 1. The molecule has 1 aliphatic heterocycles. The number of aromatic nitrogens is 1. The van der Waals surface area contributed by atoms with Crippen molar-refractivity contribution in [3.05, 3.63) is 23.4 Å². The van der Waals surface area contributed by atoms with E-state index in [4.69, 9.17) is 10.5 Å². The van der Waals surface area contributed by atoms with E-state index in [9.17, 15) is 4.79 Å². The molecule has 2 rings (SSSR count). The molecule has 0 aromatic carbocycles. The average Bonchev–Trinajstić information content (AvgIpc) is 2.68. The van der Waals surface area contributed by atoms with E-state index in [0.717, 1.165) is 12.1 Å². The maximum atomic E-state index is 12.4. The molecule has 1 amide bonds. The lowest BCUT2D eigenvalue weighted by Crippen LogP contribution is -2.50. The standard InChI is InChI=1S/C15H23N3O2/c1-9(2)12-7-11(8-13(16)17-12)14(19)18-15(4)5-6-20-10(15)3/h7-10H,5-6H2,1-4H3,(H2,16,17)(H,18,19). The number of rotatable bonds is 3. The monoisotopic (exact) mass is 277 g/mol. The molecule has 1 saturated heterocycles. The van der Waals surface area contributed by atoms with Crippen LogP contribution in [0.15, 0.2) is 12.1 Å². The van der Waals surface area contributed by atoms with Gasteiger partial charge in [0.25, 0.3) is 5.91 Å². The minimum absolute atomic E-state index is 0.00945. The van der Waals surface area contributed by atoms with Crippen LogP contribution in [0, 0.1) is 0 Å². The van der Waals surface area contributed by atoms with Crippen molar-refractivity contribution >= 4 is 11.7 Å². The Bertz CT molecular complexity index is 516. The number of pyridine rings is 1. The van der Waals surface area contributed by atoms with Crippen LogP contribution in [0.2, 0.25) is 0 Å². The molecule has 0 bridgehead atoms. The van der Waals surface area contributed by atoms with Gasteiger partial charge in [-0.05, 0) is 38.3 Å².